The average molecular weight is 522 g/mol. The molecule has 6 rings (SSSR count). The van der Waals surface area contributed by atoms with Gasteiger partial charge >= 0.3 is 6.18 Å². The molecule has 2 amide bonds. The second-order valence-corrected chi connectivity index (χ2v) is 10.7. The lowest BCUT2D eigenvalue weighted by atomic mass is 9.77. The maximum absolute atomic E-state index is 14.1. The van der Waals surface area contributed by atoms with E-state index in [2.05, 4.69) is 0 Å². The number of carbonyl (C=O) groups excluding carboxylic acids is 2. The topological polar surface area (TPSA) is 43.9 Å². The van der Waals surface area contributed by atoms with E-state index in [-0.39, 0.29) is 24.0 Å². The van der Waals surface area contributed by atoms with Crippen LogP contribution in [-0.2, 0) is 11.0 Å². The highest BCUT2D eigenvalue weighted by Gasteiger charge is 2.50. The molecule has 3 aromatic rings. The van der Waals surface area contributed by atoms with E-state index < -0.39 is 17.2 Å². The molecular weight excluding hydrogens is 491 g/mol. The monoisotopic (exact) mass is 521 g/mol. The van der Waals surface area contributed by atoms with Crippen LogP contribution >= 0.6 is 0 Å². The van der Waals surface area contributed by atoms with E-state index in [0.717, 1.165) is 36.7 Å². The highest BCUT2D eigenvalue weighted by molar-refractivity contribution is 6.02. The van der Waals surface area contributed by atoms with Gasteiger partial charge < -0.3 is 14.7 Å². The molecule has 0 saturated carbocycles. The summed E-state index contributed by atoms with van der Waals surface area (Å²) in [5.41, 5.74) is -0.378. The zero-order chi connectivity index (χ0) is 26.5. The number of likely N-dealkylation sites (tertiary alicyclic amines) is 1. The van der Waals surface area contributed by atoms with Crippen LogP contribution in [-0.4, -0.2) is 49.4 Å². The van der Waals surface area contributed by atoms with Crippen molar-refractivity contribution in [1.82, 2.24) is 4.90 Å². The van der Waals surface area contributed by atoms with E-state index >= 15 is 0 Å². The number of nitrogens with zero attached hydrogens (tertiary/aromatic N) is 3. The normalized spacial score (nSPS) is 19.7. The van der Waals surface area contributed by atoms with Gasteiger partial charge in [0.25, 0.3) is 5.91 Å². The first-order valence-electron chi connectivity index (χ1n) is 13.3. The largest absolute Gasteiger partial charge is 0.418 e. The Morgan fingerprint density at radius 2 is 1.47 bits per heavy atom. The Labute approximate surface area is 219 Å². The van der Waals surface area contributed by atoms with Crippen LogP contribution in [0.15, 0.2) is 60.7 Å². The summed E-state index contributed by atoms with van der Waals surface area (Å²) in [5.74, 6) is -0.334. The van der Waals surface area contributed by atoms with E-state index in [1.54, 1.807) is 11.0 Å². The molecule has 198 valence electrons. The van der Waals surface area contributed by atoms with Crippen molar-refractivity contribution in [2.45, 2.75) is 38.3 Å². The maximum Gasteiger partial charge on any atom is 0.418 e. The number of hydrogen-bond donors (Lipinski definition) is 0. The van der Waals surface area contributed by atoms with Crippen LogP contribution in [0.5, 0.6) is 0 Å². The number of hydrogen-bond acceptors (Lipinski definition) is 3. The molecule has 0 atom stereocenters. The van der Waals surface area contributed by atoms with E-state index in [9.17, 15) is 22.8 Å². The van der Waals surface area contributed by atoms with E-state index in [0.29, 0.717) is 43.6 Å². The number of benzene rings is 3. The van der Waals surface area contributed by atoms with Crippen molar-refractivity contribution in [2.75, 3.05) is 42.5 Å². The average Bonchev–Trinajstić information content (AvgIpc) is 3.57. The number of carbonyl (C=O) groups is 2. The molecule has 38 heavy (non-hydrogen) atoms. The van der Waals surface area contributed by atoms with Crippen LogP contribution in [0.3, 0.4) is 0 Å². The smallest absolute Gasteiger partial charge is 0.372 e. The Morgan fingerprint density at radius 1 is 0.789 bits per heavy atom. The fraction of sp³-hybridized carbons (Fsp3) is 0.400. The van der Waals surface area contributed by atoms with Crippen molar-refractivity contribution < 1.29 is 22.8 Å². The lowest BCUT2D eigenvalue weighted by Gasteiger charge is -2.38. The molecule has 3 aromatic carbocycles. The van der Waals surface area contributed by atoms with Crippen molar-refractivity contribution in [2.24, 2.45) is 5.41 Å². The number of alkyl halides is 3. The number of anilines is 2. The first kappa shape index (κ1) is 24.8. The van der Waals surface area contributed by atoms with Crippen molar-refractivity contribution in [3.05, 3.63) is 71.8 Å². The number of piperidine rings is 1. The van der Waals surface area contributed by atoms with Gasteiger partial charge in [-0.3, -0.25) is 9.59 Å². The maximum atomic E-state index is 14.1. The van der Waals surface area contributed by atoms with Crippen LogP contribution in [0.2, 0.25) is 0 Å². The second-order valence-electron chi connectivity index (χ2n) is 10.7. The van der Waals surface area contributed by atoms with Crippen LogP contribution in [0.4, 0.5) is 24.5 Å². The van der Waals surface area contributed by atoms with Gasteiger partial charge in [0, 0.05) is 44.0 Å². The molecule has 3 fully saturated rings. The minimum Gasteiger partial charge on any atom is -0.372 e. The van der Waals surface area contributed by atoms with Gasteiger partial charge in [-0.05, 0) is 73.2 Å². The molecule has 3 saturated heterocycles. The Morgan fingerprint density at radius 3 is 2.18 bits per heavy atom. The summed E-state index contributed by atoms with van der Waals surface area (Å²) in [6, 6.07) is 17.9. The molecule has 3 heterocycles. The van der Waals surface area contributed by atoms with Crippen LogP contribution < -0.4 is 9.80 Å². The van der Waals surface area contributed by atoms with Crippen LogP contribution in [0, 0.1) is 5.41 Å². The summed E-state index contributed by atoms with van der Waals surface area (Å²) >= 11 is 0. The first-order chi connectivity index (χ1) is 18.2. The Bertz CT molecular complexity index is 1390. The Kier molecular flexibility index (Phi) is 6.08. The van der Waals surface area contributed by atoms with Gasteiger partial charge in [-0.15, -0.1) is 0 Å². The van der Waals surface area contributed by atoms with Gasteiger partial charge in [0.1, 0.15) is 0 Å². The van der Waals surface area contributed by atoms with E-state index in [1.807, 2.05) is 47.4 Å². The third kappa shape index (κ3) is 4.29. The zero-order valence-electron chi connectivity index (χ0n) is 21.1. The highest BCUT2D eigenvalue weighted by Crippen LogP contribution is 2.47. The molecule has 0 N–H and O–H groups in total. The van der Waals surface area contributed by atoms with Crippen molar-refractivity contribution >= 4 is 34.0 Å². The fourth-order valence-corrected chi connectivity index (χ4v) is 6.32. The lowest BCUT2D eigenvalue weighted by Crippen LogP contribution is -2.46. The van der Waals surface area contributed by atoms with E-state index in [4.69, 9.17) is 0 Å². The van der Waals surface area contributed by atoms with Crippen LogP contribution in [0.1, 0.15) is 48.0 Å². The summed E-state index contributed by atoms with van der Waals surface area (Å²) in [5, 5.41) is 2.05. The molecular formula is C30H30F3N3O2. The molecule has 5 nitrogen and oxygen atoms in total. The van der Waals surface area contributed by atoms with Crippen LogP contribution in [0.25, 0.3) is 10.8 Å². The van der Waals surface area contributed by atoms with Gasteiger partial charge in [-0.25, -0.2) is 0 Å². The van der Waals surface area contributed by atoms with E-state index in [1.165, 1.54) is 17.0 Å². The summed E-state index contributed by atoms with van der Waals surface area (Å²) in [6.07, 6.45) is -1.22. The quantitative estimate of drug-likeness (QED) is 0.417. The number of rotatable bonds is 3. The predicted octanol–water partition coefficient (Wildman–Crippen LogP) is 6.12. The Hall–Kier alpha value is -3.55. The predicted molar refractivity (Wildman–Crippen MR) is 141 cm³/mol. The molecule has 8 heteroatoms. The summed E-state index contributed by atoms with van der Waals surface area (Å²) in [7, 11) is 0. The second kappa shape index (κ2) is 9.33. The SMILES string of the molecule is O=C(c1ccc2ccccc2c1)N1CCC2(CC1)CCN(c1ccc(N3CCCC3)cc1C(F)(F)F)C2=O. The third-order valence-corrected chi connectivity index (χ3v) is 8.56. The minimum absolute atomic E-state index is 0.0583. The number of fused-ring (bicyclic) bond motifs is 1. The van der Waals surface area contributed by atoms with Crippen molar-refractivity contribution in [3.8, 4) is 0 Å². The molecule has 0 bridgehead atoms. The van der Waals surface area contributed by atoms with Crippen molar-refractivity contribution in [1.29, 1.82) is 0 Å². The van der Waals surface area contributed by atoms with Gasteiger partial charge in [-0.2, -0.15) is 13.2 Å². The lowest BCUT2D eigenvalue weighted by molar-refractivity contribution is -0.137. The molecule has 0 aliphatic carbocycles. The first-order valence-corrected chi connectivity index (χ1v) is 13.3. The third-order valence-electron chi connectivity index (χ3n) is 8.56. The minimum atomic E-state index is -4.56. The molecule has 3 aliphatic heterocycles. The van der Waals surface area contributed by atoms with Gasteiger partial charge in [0.2, 0.25) is 5.91 Å². The van der Waals surface area contributed by atoms with Gasteiger partial charge in [-0.1, -0.05) is 30.3 Å². The highest BCUT2D eigenvalue weighted by atomic mass is 19.4. The standard InChI is InChI=1S/C30H30F3N3O2/c31-30(32,33)25-20-24(34-14-3-4-15-34)9-10-26(25)36-18-13-29(28(36)38)11-16-35(17-12-29)27(37)23-8-7-21-5-1-2-6-22(21)19-23/h1-2,5-10,19-20H,3-4,11-18H2. The number of halogens is 3. The van der Waals surface area contributed by atoms with Gasteiger partial charge in [0.05, 0.1) is 16.7 Å². The molecule has 1 spiro atoms. The summed E-state index contributed by atoms with van der Waals surface area (Å²) in [6.45, 7) is 2.56. The zero-order valence-corrected chi connectivity index (χ0v) is 21.1. The molecule has 3 aliphatic rings. The molecule has 0 radical (unpaired) electrons. The summed E-state index contributed by atoms with van der Waals surface area (Å²) in [4.78, 5) is 31.9. The Balaban J connectivity index is 1.19. The van der Waals surface area contributed by atoms with Crippen molar-refractivity contribution in [3.63, 3.8) is 0 Å². The van der Waals surface area contributed by atoms with Gasteiger partial charge in [0.15, 0.2) is 0 Å². The molecule has 0 unspecified atom stereocenters. The molecule has 0 aromatic heterocycles. The summed E-state index contributed by atoms with van der Waals surface area (Å²) < 4.78 is 42.4. The number of amides is 2. The fourth-order valence-electron chi connectivity index (χ4n) is 6.32.